The summed E-state index contributed by atoms with van der Waals surface area (Å²) < 4.78 is 0. The molecule has 20 heavy (non-hydrogen) atoms. The molecule has 3 nitrogen and oxygen atoms in total. The summed E-state index contributed by atoms with van der Waals surface area (Å²) in [5.41, 5.74) is -0.395. The summed E-state index contributed by atoms with van der Waals surface area (Å²) in [6.07, 6.45) is 6.15. The fraction of sp³-hybridized carbons (Fsp3) is 0.688. The number of rotatable bonds is 5. The minimum Gasteiger partial charge on any atom is -0.320 e. The molecule has 1 saturated carbocycles. The molecule has 1 N–H and O–H groups in total. The van der Waals surface area contributed by atoms with Crippen LogP contribution in [-0.2, 0) is 4.79 Å². The van der Waals surface area contributed by atoms with Crippen LogP contribution in [0.15, 0.2) is 17.5 Å². The monoisotopic (exact) mass is 292 g/mol. The molecule has 2 fully saturated rings. The fourth-order valence-corrected chi connectivity index (χ4v) is 3.92. The van der Waals surface area contributed by atoms with E-state index in [-0.39, 0.29) is 12.1 Å². The van der Waals surface area contributed by atoms with Crippen molar-refractivity contribution in [3.8, 4) is 0 Å². The maximum Gasteiger partial charge on any atom is 0.244 e. The number of amides is 1. The van der Waals surface area contributed by atoms with Crippen molar-refractivity contribution in [2.45, 2.75) is 57.7 Å². The molecule has 4 heteroatoms. The first-order valence-electron chi connectivity index (χ1n) is 7.76. The lowest BCUT2D eigenvalue weighted by molar-refractivity contribution is -0.133. The van der Waals surface area contributed by atoms with E-state index in [9.17, 15) is 4.79 Å². The minimum absolute atomic E-state index is 0.0764. The van der Waals surface area contributed by atoms with Crippen LogP contribution >= 0.6 is 11.3 Å². The SMILES string of the molecule is CCC1(C)NC(c2cccs2)N(CCC2CCC2)C1=O. The molecule has 0 radical (unpaired) electrons. The molecule has 1 aliphatic heterocycles. The van der Waals surface area contributed by atoms with E-state index in [1.807, 2.05) is 6.92 Å². The van der Waals surface area contributed by atoms with Gasteiger partial charge in [0.25, 0.3) is 0 Å². The average Bonchev–Trinajstić information content (AvgIpc) is 2.99. The molecule has 3 rings (SSSR count). The van der Waals surface area contributed by atoms with Crippen molar-refractivity contribution in [3.63, 3.8) is 0 Å². The minimum atomic E-state index is -0.395. The van der Waals surface area contributed by atoms with Crippen molar-refractivity contribution in [3.05, 3.63) is 22.4 Å². The number of carbonyl (C=O) groups is 1. The number of nitrogens with zero attached hydrogens (tertiary/aromatic N) is 1. The molecule has 1 amide bonds. The van der Waals surface area contributed by atoms with E-state index in [2.05, 4.69) is 34.7 Å². The van der Waals surface area contributed by atoms with Crippen LogP contribution in [0.2, 0.25) is 0 Å². The first kappa shape index (κ1) is 14.1. The van der Waals surface area contributed by atoms with E-state index in [1.165, 1.54) is 24.1 Å². The highest BCUT2D eigenvalue weighted by molar-refractivity contribution is 7.10. The van der Waals surface area contributed by atoms with E-state index in [0.717, 1.165) is 25.3 Å². The summed E-state index contributed by atoms with van der Waals surface area (Å²) in [5, 5.41) is 5.66. The maximum absolute atomic E-state index is 12.8. The molecule has 110 valence electrons. The van der Waals surface area contributed by atoms with Crippen LogP contribution in [0.5, 0.6) is 0 Å². The Morgan fingerprint density at radius 3 is 2.85 bits per heavy atom. The Bertz CT molecular complexity index is 469. The highest BCUT2D eigenvalue weighted by Crippen LogP contribution is 2.36. The van der Waals surface area contributed by atoms with Crippen molar-refractivity contribution in [2.24, 2.45) is 5.92 Å². The highest BCUT2D eigenvalue weighted by atomic mass is 32.1. The first-order valence-corrected chi connectivity index (χ1v) is 8.64. The van der Waals surface area contributed by atoms with Gasteiger partial charge >= 0.3 is 0 Å². The van der Waals surface area contributed by atoms with Gasteiger partial charge in [-0.25, -0.2) is 0 Å². The summed E-state index contributed by atoms with van der Waals surface area (Å²) in [4.78, 5) is 16.1. The van der Waals surface area contributed by atoms with E-state index < -0.39 is 5.54 Å². The van der Waals surface area contributed by atoms with Crippen molar-refractivity contribution >= 4 is 17.2 Å². The third-order valence-corrected chi connectivity index (χ3v) is 5.95. The van der Waals surface area contributed by atoms with E-state index in [1.54, 1.807) is 11.3 Å². The van der Waals surface area contributed by atoms with Gasteiger partial charge in [0.1, 0.15) is 6.17 Å². The Labute approximate surface area is 125 Å². The molecule has 1 aromatic heterocycles. The second kappa shape index (κ2) is 5.49. The molecule has 0 aromatic carbocycles. The lowest BCUT2D eigenvalue weighted by Gasteiger charge is -2.30. The summed E-state index contributed by atoms with van der Waals surface area (Å²) >= 11 is 1.73. The fourth-order valence-electron chi connectivity index (χ4n) is 3.13. The van der Waals surface area contributed by atoms with Crippen LogP contribution < -0.4 is 5.32 Å². The van der Waals surface area contributed by atoms with Gasteiger partial charge in [-0.1, -0.05) is 32.3 Å². The Morgan fingerprint density at radius 2 is 2.30 bits per heavy atom. The highest BCUT2D eigenvalue weighted by Gasteiger charge is 2.47. The zero-order valence-corrected chi connectivity index (χ0v) is 13.2. The van der Waals surface area contributed by atoms with Crippen LogP contribution in [0.3, 0.4) is 0 Å². The molecule has 0 bridgehead atoms. The van der Waals surface area contributed by atoms with Crippen LogP contribution in [0, 0.1) is 5.92 Å². The second-order valence-corrected chi connectivity index (χ2v) is 7.31. The van der Waals surface area contributed by atoms with Gasteiger partial charge in [0, 0.05) is 11.4 Å². The van der Waals surface area contributed by atoms with Crippen molar-refractivity contribution in [1.82, 2.24) is 10.2 Å². The topological polar surface area (TPSA) is 32.3 Å². The smallest absolute Gasteiger partial charge is 0.244 e. The molecule has 0 spiro atoms. The number of hydrogen-bond acceptors (Lipinski definition) is 3. The first-order chi connectivity index (χ1) is 9.64. The third-order valence-electron chi connectivity index (χ3n) is 5.02. The van der Waals surface area contributed by atoms with Crippen LogP contribution in [0.1, 0.15) is 57.0 Å². The summed E-state index contributed by atoms with van der Waals surface area (Å²) in [5.74, 6) is 1.12. The number of thiophene rings is 1. The summed E-state index contributed by atoms with van der Waals surface area (Å²) in [7, 11) is 0. The zero-order valence-electron chi connectivity index (χ0n) is 12.4. The number of nitrogens with one attached hydrogen (secondary N) is 1. The van der Waals surface area contributed by atoms with Crippen molar-refractivity contribution in [2.75, 3.05) is 6.54 Å². The zero-order chi connectivity index (χ0) is 14.2. The van der Waals surface area contributed by atoms with Crippen LogP contribution in [0.4, 0.5) is 0 Å². The molecule has 2 unspecified atom stereocenters. The van der Waals surface area contributed by atoms with Gasteiger partial charge in [0.2, 0.25) is 5.91 Å². The van der Waals surface area contributed by atoms with Gasteiger partial charge in [-0.05, 0) is 37.1 Å². The van der Waals surface area contributed by atoms with E-state index >= 15 is 0 Å². The van der Waals surface area contributed by atoms with Gasteiger partial charge in [-0.3, -0.25) is 10.1 Å². The quantitative estimate of drug-likeness (QED) is 0.900. The van der Waals surface area contributed by atoms with Gasteiger partial charge in [0.05, 0.1) is 5.54 Å². The third kappa shape index (κ3) is 2.40. The summed E-state index contributed by atoms with van der Waals surface area (Å²) in [6, 6.07) is 4.20. The second-order valence-electron chi connectivity index (χ2n) is 6.33. The van der Waals surface area contributed by atoms with Crippen LogP contribution in [0.25, 0.3) is 0 Å². The Morgan fingerprint density at radius 1 is 1.50 bits per heavy atom. The molecule has 2 heterocycles. The molecular formula is C16H24N2OS. The normalized spacial score (nSPS) is 30.8. The molecule has 2 aliphatic rings. The standard InChI is InChI=1S/C16H24N2OS/c1-3-16(2)15(19)18(10-9-12-6-4-7-12)14(17-16)13-8-5-11-20-13/h5,8,11-12,14,17H,3-4,6-7,9-10H2,1-2H3. The number of carbonyl (C=O) groups excluding carboxylic acids is 1. The van der Waals surface area contributed by atoms with Gasteiger partial charge in [-0.2, -0.15) is 0 Å². The molecule has 1 aliphatic carbocycles. The lowest BCUT2D eigenvalue weighted by Crippen LogP contribution is -2.43. The maximum atomic E-state index is 12.8. The Hall–Kier alpha value is -0.870. The largest absolute Gasteiger partial charge is 0.320 e. The molecular weight excluding hydrogens is 268 g/mol. The predicted octanol–water partition coefficient (Wildman–Crippen LogP) is 3.54. The average molecular weight is 292 g/mol. The van der Waals surface area contributed by atoms with E-state index in [4.69, 9.17) is 0 Å². The Balaban J connectivity index is 1.76. The van der Waals surface area contributed by atoms with Crippen molar-refractivity contribution < 1.29 is 4.79 Å². The number of hydrogen-bond donors (Lipinski definition) is 1. The van der Waals surface area contributed by atoms with Gasteiger partial charge in [0.15, 0.2) is 0 Å². The van der Waals surface area contributed by atoms with Crippen molar-refractivity contribution in [1.29, 1.82) is 0 Å². The molecule has 2 atom stereocenters. The van der Waals surface area contributed by atoms with Crippen LogP contribution in [-0.4, -0.2) is 22.9 Å². The summed E-state index contributed by atoms with van der Waals surface area (Å²) in [6.45, 7) is 5.03. The molecule has 1 aromatic rings. The Kier molecular flexibility index (Phi) is 3.87. The predicted molar refractivity (Wildman–Crippen MR) is 82.6 cm³/mol. The lowest BCUT2D eigenvalue weighted by atomic mass is 9.83. The van der Waals surface area contributed by atoms with E-state index in [0.29, 0.717) is 0 Å². The van der Waals surface area contributed by atoms with Gasteiger partial charge in [-0.15, -0.1) is 11.3 Å². The molecule has 1 saturated heterocycles. The van der Waals surface area contributed by atoms with Gasteiger partial charge < -0.3 is 4.90 Å².